The summed E-state index contributed by atoms with van der Waals surface area (Å²) in [5, 5.41) is 1.42. The van der Waals surface area contributed by atoms with Gasteiger partial charge in [-0.3, -0.25) is 0 Å². The van der Waals surface area contributed by atoms with Crippen LogP contribution in [0.15, 0.2) is 24.3 Å². The van der Waals surface area contributed by atoms with E-state index < -0.39 is 0 Å². The normalized spacial score (nSPS) is 20.2. The fourth-order valence-corrected chi connectivity index (χ4v) is 5.37. The molecule has 3 rings (SSSR count). The monoisotopic (exact) mass is 343 g/mol. The van der Waals surface area contributed by atoms with Gasteiger partial charge in [0.15, 0.2) is 0 Å². The molecule has 0 heterocycles. The van der Waals surface area contributed by atoms with Crippen molar-refractivity contribution in [2.24, 2.45) is 0 Å². The molecule has 2 nitrogen and oxygen atoms in total. The molecule has 2 fully saturated rings. The van der Waals surface area contributed by atoms with E-state index in [2.05, 4.69) is 36.1 Å². The molecule has 3 heteroatoms. The van der Waals surface area contributed by atoms with Crippen LogP contribution in [0.2, 0.25) is 0 Å². The fourth-order valence-electron chi connectivity index (χ4n) is 4.43. The van der Waals surface area contributed by atoms with E-state index in [1.165, 1.54) is 75.1 Å². The van der Waals surface area contributed by atoms with Crippen LogP contribution < -0.4 is 10.1 Å². The SMILES string of the molecule is CCCO[Si]c1ccccc1N(C1CCCCC1)C1CCCCC1. The first kappa shape index (κ1) is 18.0. The van der Waals surface area contributed by atoms with Gasteiger partial charge >= 0.3 is 0 Å². The van der Waals surface area contributed by atoms with Gasteiger partial charge in [-0.2, -0.15) is 0 Å². The van der Waals surface area contributed by atoms with E-state index in [9.17, 15) is 0 Å². The topological polar surface area (TPSA) is 12.5 Å². The number of rotatable bonds is 7. The number of hydrogen-bond donors (Lipinski definition) is 0. The Labute approximate surface area is 150 Å². The van der Waals surface area contributed by atoms with Crippen molar-refractivity contribution in [2.75, 3.05) is 11.5 Å². The van der Waals surface area contributed by atoms with Crippen molar-refractivity contribution in [3.05, 3.63) is 24.3 Å². The first-order valence-electron chi connectivity index (χ1n) is 10.2. The molecule has 0 N–H and O–H groups in total. The molecule has 2 radical (unpaired) electrons. The zero-order valence-corrected chi connectivity index (χ0v) is 16.3. The third-order valence-electron chi connectivity index (χ3n) is 5.61. The predicted molar refractivity (Wildman–Crippen MR) is 104 cm³/mol. The Hall–Kier alpha value is -0.803. The van der Waals surface area contributed by atoms with Crippen LogP contribution in [0, 0.1) is 0 Å². The summed E-state index contributed by atoms with van der Waals surface area (Å²) in [6.45, 7) is 3.06. The molecule has 2 aliphatic carbocycles. The largest absolute Gasteiger partial charge is 0.411 e. The standard InChI is InChI=1S/C21H33NOSi/c1-2-17-23-24-21-16-10-9-15-20(21)22(18-11-5-3-6-12-18)19-13-7-4-8-14-19/h9-10,15-16,18-19H,2-8,11-14,17H2,1H3. The lowest BCUT2D eigenvalue weighted by molar-refractivity contribution is 0.337. The van der Waals surface area contributed by atoms with Gasteiger partial charge in [-0.15, -0.1) is 0 Å². The smallest absolute Gasteiger partial charge is 0.270 e. The van der Waals surface area contributed by atoms with Gasteiger partial charge in [-0.05, 0) is 43.4 Å². The van der Waals surface area contributed by atoms with Crippen LogP contribution in [0.5, 0.6) is 0 Å². The third-order valence-corrected chi connectivity index (χ3v) is 6.60. The molecular weight excluding hydrogens is 310 g/mol. The second-order valence-corrected chi connectivity index (χ2v) is 8.49. The molecule has 0 amide bonds. The van der Waals surface area contributed by atoms with Crippen LogP contribution in [-0.2, 0) is 4.43 Å². The zero-order chi connectivity index (χ0) is 16.6. The molecule has 1 aromatic rings. The van der Waals surface area contributed by atoms with E-state index in [0.717, 1.165) is 25.1 Å². The van der Waals surface area contributed by atoms with E-state index in [4.69, 9.17) is 4.43 Å². The number of anilines is 1. The average Bonchev–Trinajstić information content (AvgIpc) is 2.65. The quantitative estimate of drug-likeness (QED) is 0.519. The highest BCUT2D eigenvalue weighted by atomic mass is 28.2. The Morgan fingerprint density at radius 1 is 0.917 bits per heavy atom. The Morgan fingerprint density at radius 2 is 1.50 bits per heavy atom. The Bertz CT molecular complexity index is 462. The van der Waals surface area contributed by atoms with Gasteiger partial charge in [0, 0.05) is 24.4 Å². The predicted octanol–water partition coefficient (Wildman–Crippen LogP) is 4.83. The van der Waals surface area contributed by atoms with Crippen molar-refractivity contribution >= 4 is 20.6 Å². The molecular formula is C21H33NOSi. The molecule has 0 bridgehead atoms. The van der Waals surface area contributed by atoms with Crippen molar-refractivity contribution in [1.29, 1.82) is 0 Å². The second kappa shape index (κ2) is 9.62. The van der Waals surface area contributed by atoms with Crippen LogP contribution in [-0.4, -0.2) is 28.5 Å². The van der Waals surface area contributed by atoms with Gasteiger partial charge in [0.2, 0.25) is 0 Å². The van der Waals surface area contributed by atoms with Crippen molar-refractivity contribution in [1.82, 2.24) is 0 Å². The zero-order valence-electron chi connectivity index (χ0n) is 15.3. The maximum absolute atomic E-state index is 5.94. The van der Waals surface area contributed by atoms with Gasteiger partial charge in [-0.25, -0.2) is 0 Å². The lowest BCUT2D eigenvalue weighted by Gasteiger charge is -2.44. The summed E-state index contributed by atoms with van der Waals surface area (Å²) < 4.78 is 5.94. The summed E-state index contributed by atoms with van der Waals surface area (Å²) >= 11 is 0. The summed E-state index contributed by atoms with van der Waals surface area (Å²) in [4.78, 5) is 2.84. The summed E-state index contributed by atoms with van der Waals surface area (Å²) in [5.74, 6) is 0. The van der Waals surface area contributed by atoms with Gasteiger partial charge in [-0.1, -0.05) is 63.6 Å². The van der Waals surface area contributed by atoms with E-state index >= 15 is 0 Å². The van der Waals surface area contributed by atoms with E-state index in [-0.39, 0.29) is 0 Å². The minimum absolute atomic E-state index is 0.490. The summed E-state index contributed by atoms with van der Waals surface area (Å²) in [6.07, 6.45) is 15.1. The Balaban J connectivity index is 1.83. The first-order chi connectivity index (χ1) is 11.9. The average molecular weight is 344 g/mol. The summed E-state index contributed by atoms with van der Waals surface area (Å²) in [7, 11) is 0.490. The van der Waals surface area contributed by atoms with E-state index in [1.54, 1.807) is 0 Å². The Kier molecular flexibility index (Phi) is 7.22. The maximum Gasteiger partial charge on any atom is 0.270 e. The first-order valence-corrected chi connectivity index (χ1v) is 11.1. The maximum atomic E-state index is 5.94. The minimum Gasteiger partial charge on any atom is -0.411 e. The molecule has 24 heavy (non-hydrogen) atoms. The minimum atomic E-state index is 0.490. The highest BCUT2D eigenvalue weighted by Crippen LogP contribution is 2.33. The molecule has 1 aromatic carbocycles. The van der Waals surface area contributed by atoms with Crippen LogP contribution in [0.3, 0.4) is 0 Å². The highest BCUT2D eigenvalue weighted by Gasteiger charge is 2.30. The highest BCUT2D eigenvalue weighted by molar-refractivity contribution is 6.49. The number of hydrogen-bond acceptors (Lipinski definition) is 2. The molecule has 0 spiro atoms. The van der Waals surface area contributed by atoms with Crippen LogP contribution in [0.4, 0.5) is 5.69 Å². The second-order valence-electron chi connectivity index (χ2n) is 7.46. The van der Waals surface area contributed by atoms with E-state index in [1.807, 2.05) is 0 Å². The van der Waals surface area contributed by atoms with Crippen molar-refractivity contribution in [2.45, 2.75) is 89.6 Å². The third kappa shape index (κ3) is 4.63. The molecule has 0 saturated heterocycles. The number of benzene rings is 1. The van der Waals surface area contributed by atoms with Gasteiger partial charge in [0.1, 0.15) is 0 Å². The van der Waals surface area contributed by atoms with Crippen molar-refractivity contribution in [3.8, 4) is 0 Å². The molecule has 0 atom stereocenters. The van der Waals surface area contributed by atoms with Crippen molar-refractivity contribution < 1.29 is 4.43 Å². The molecule has 0 aromatic heterocycles. The fraction of sp³-hybridized carbons (Fsp3) is 0.714. The molecule has 2 aliphatic rings. The lowest BCUT2D eigenvalue weighted by Crippen LogP contribution is -2.48. The Morgan fingerprint density at radius 3 is 2.08 bits per heavy atom. The number of nitrogens with zero attached hydrogens (tertiary/aromatic N) is 1. The summed E-state index contributed by atoms with van der Waals surface area (Å²) in [5.41, 5.74) is 1.48. The van der Waals surface area contributed by atoms with Gasteiger partial charge in [0.05, 0.1) is 0 Å². The van der Waals surface area contributed by atoms with E-state index in [0.29, 0.717) is 9.76 Å². The number of para-hydroxylation sites is 1. The van der Waals surface area contributed by atoms with Gasteiger partial charge < -0.3 is 9.33 Å². The van der Waals surface area contributed by atoms with Crippen LogP contribution in [0.1, 0.15) is 77.6 Å². The van der Waals surface area contributed by atoms with Crippen LogP contribution in [0.25, 0.3) is 0 Å². The molecule has 0 aliphatic heterocycles. The lowest BCUT2D eigenvalue weighted by atomic mass is 9.88. The molecule has 2 saturated carbocycles. The molecule has 132 valence electrons. The van der Waals surface area contributed by atoms with Crippen LogP contribution >= 0.6 is 0 Å². The van der Waals surface area contributed by atoms with Crippen molar-refractivity contribution in [3.63, 3.8) is 0 Å². The van der Waals surface area contributed by atoms with Gasteiger partial charge in [0.25, 0.3) is 9.76 Å². The molecule has 0 unspecified atom stereocenters. The summed E-state index contributed by atoms with van der Waals surface area (Å²) in [6, 6.07) is 10.6.